The largest absolute Gasteiger partial charge is 0.493 e. The van der Waals surface area contributed by atoms with Crippen LogP contribution in [0.2, 0.25) is 0 Å². The number of amides is 2. The summed E-state index contributed by atoms with van der Waals surface area (Å²) in [4.78, 5) is 36.7. The van der Waals surface area contributed by atoms with Crippen molar-refractivity contribution in [2.45, 2.75) is 0 Å². The third-order valence-electron chi connectivity index (χ3n) is 4.62. The molecule has 3 aromatic carbocycles. The molecule has 0 aliphatic carbocycles. The summed E-state index contributed by atoms with van der Waals surface area (Å²) in [6.07, 6.45) is 1.39. The fourth-order valence-electron chi connectivity index (χ4n) is 2.91. The van der Waals surface area contributed by atoms with Gasteiger partial charge in [0.15, 0.2) is 11.5 Å². The number of carbonyl (C=O) groups excluding carboxylic acids is 3. The van der Waals surface area contributed by atoms with Crippen LogP contribution in [0.5, 0.6) is 17.2 Å². The van der Waals surface area contributed by atoms with Gasteiger partial charge in [-0.3, -0.25) is 9.59 Å². The van der Waals surface area contributed by atoms with Crippen LogP contribution in [0.1, 0.15) is 26.3 Å². The summed E-state index contributed by atoms with van der Waals surface area (Å²) in [7, 11) is 2.96. The van der Waals surface area contributed by atoms with Crippen LogP contribution < -0.4 is 25.0 Å². The highest BCUT2D eigenvalue weighted by molar-refractivity contribution is 9.10. The predicted octanol–water partition coefficient (Wildman–Crippen LogP) is 3.57. The van der Waals surface area contributed by atoms with Crippen LogP contribution in [-0.2, 0) is 4.79 Å². The number of hydrogen-bond donors (Lipinski definition) is 2. The maximum atomic E-state index is 12.4. The Bertz CT molecular complexity index is 1260. The number of hydrogen-bond acceptors (Lipinski definition) is 7. The van der Waals surface area contributed by atoms with Crippen LogP contribution in [0, 0.1) is 0 Å². The van der Waals surface area contributed by atoms with Crippen molar-refractivity contribution in [1.29, 1.82) is 0 Å². The van der Waals surface area contributed by atoms with Gasteiger partial charge in [-0.1, -0.05) is 24.3 Å². The van der Waals surface area contributed by atoms with E-state index < -0.39 is 17.8 Å². The van der Waals surface area contributed by atoms with Crippen molar-refractivity contribution in [1.82, 2.24) is 10.7 Å². The molecule has 180 valence electrons. The van der Waals surface area contributed by atoms with E-state index in [4.69, 9.17) is 14.2 Å². The summed E-state index contributed by atoms with van der Waals surface area (Å²) in [6, 6.07) is 18.3. The molecule has 0 spiro atoms. The standard InChI is InChI=1S/C25H22BrN3O6/c1-33-21-11-10-17(13-22(21)34-2)24(31)27-15-23(30)29-28-14-16-6-5-7-18(12-16)35-25(32)19-8-3-4-9-20(19)26/h3-14H,15H2,1-2H3,(H,27,31)(H,29,30)/b28-14-. The monoisotopic (exact) mass is 539 g/mol. The number of benzene rings is 3. The van der Waals surface area contributed by atoms with Gasteiger partial charge in [0.25, 0.3) is 11.8 Å². The van der Waals surface area contributed by atoms with Crippen LogP contribution in [0.15, 0.2) is 76.3 Å². The molecule has 35 heavy (non-hydrogen) atoms. The van der Waals surface area contributed by atoms with E-state index in [-0.39, 0.29) is 6.54 Å². The second-order valence-corrected chi connectivity index (χ2v) is 7.84. The first-order valence-electron chi connectivity index (χ1n) is 10.3. The van der Waals surface area contributed by atoms with Gasteiger partial charge in [0.1, 0.15) is 5.75 Å². The lowest BCUT2D eigenvalue weighted by molar-refractivity contribution is -0.120. The van der Waals surface area contributed by atoms with Crippen molar-refractivity contribution in [2.75, 3.05) is 20.8 Å². The Morgan fingerprint density at radius 3 is 2.46 bits per heavy atom. The molecule has 0 unspecified atom stereocenters. The highest BCUT2D eigenvalue weighted by Gasteiger charge is 2.13. The fraction of sp³-hybridized carbons (Fsp3) is 0.120. The van der Waals surface area contributed by atoms with Crippen LogP contribution in [0.4, 0.5) is 0 Å². The van der Waals surface area contributed by atoms with Gasteiger partial charge in [-0.05, 0) is 64.0 Å². The number of ether oxygens (including phenoxy) is 3. The Hall–Kier alpha value is -4.18. The van der Waals surface area contributed by atoms with Crippen molar-refractivity contribution in [3.63, 3.8) is 0 Å². The quantitative estimate of drug-likeness (QED) is 0.186. The number of hydrazone groups is 1. The first kappa shape index (κ1) is 25.4. The molecule has 2 amide bonds. The highest BCUT2D eigenvalue weighted by atomic mass is 79.9. The third kappa shape index (κ3) is 7.15. The fourth-order valence-corrected chi connectivity index (χ4v) is 3.35. The van der Waals surface area contributed by atoms with E-state index in [1.54, 1.807) is 60.7 Å². The summed E-state index contributed by atoms with van der Waals surface area (Å²) in [6.45, 7) is -0.284. The number of methoxy groups -OCH3 is 2. The summed E-state index contributed by atoms with van der Waals surface area (Å²) < 4.78 is 16.3. The Morgan fingerprint density at radius 2 is 1.71 bits per heavy atom. The average molecular weight is 540 g/mol. The topological polar surface area (TPSA) is 115 Å². The first-order valence-corrected chi connectivity index (χ1v) is 11.1. The zero-order valence-electron chi connectivity index (χ0n) is 18.9. The van der Waals surface area contributed by atoms with Crippen molar-refractivity contribution in [2.24, 2.45) is 5.10 Å². The molecule has 0 fully saturated rings. The molecule has 0 heterocycles. The smallest absolute Gasteiger partial charge is 0.344 e. The Morgan fingerprint density at radius 1 is 0.943 bits per heavy atom. The zero-order valence-corrected chi connectivity index (χ0v) is 20.5. The minimum absolute atomic E-state index is 0.284. The molecule has 9 nitrogen and oxygen atoms in total. The molecule has 0 radical (unpaired) electrons. The van der Waals surface area contributed by atoms with E-state index in [2.05, 4.69) is 31.8 Å². The van der Waals surface area contributed by atoms with Crippen LogP contribution in [-0.4, -0.2) is 44.8 Å². The average Bonchev–Trinajstić information content (AvgIpc) is 2.87. The van der Waals surface area contributed by atoms with Gasteiger partial charge in [0.2, 0.25) is 0 Å². The van der Waals surface area contributed by atoms with Crippen molar-refractivity contribution >= 4 is 39.9 Å². The van der Waals surface area contributed by atoms with Crippen LogP contribution in [0.3, 0.4) is 0 Å². The molecule has 10 heteroatoms. The van der Waals surface area contributed by atoms with Crippen LogP contribution in [0.25, 0.3) is 0 Å². The van der Waals surface area contributed by atoms with Gasteiger partial charge in [0.05, 0.1) is 32.5 Å². The van der Waals surface area contributed by atoms with E-state index in [0.717, 1.165) is 0 Å². The van der Waals surface area contributed by atoms with Crippen molar-refractivity contribution in [3.8, 4) is 17.2 Å². The lowest BCUT2D eigenvalue weighted by atomic mass is 10.2. The maximum absolute atomic E-state index is 12.4. The Labute approximate surface area is 210 Å². The van der Waals surface area contributed by atoms with Gasteiger partial charge in [0, 0.05) is 10.0 Å². The molecule has 0 bridgehead atoms. The third-order valence-corrected chi connectivity index (χ3v) is 5.31. The number of rotatable bonds is 9. The molecule has 0 saturated heterocycles. The van der Waals surface area contributed by atoms with E-state index in [9.17, 15) is 14.4 Å². The molecular formula is C25H22BrN3O6. The molecule has 3 aromatic rings. The van der Waals surface area contributed by atoms with Gasteiger partial charge in [-0.15, -0.1) is 0 Å². The maximum Gasteiger partial charge on any atom is 0.344 e. The molecule has 0 aliphatic heterocycles. The molecule has 2 N–H and O–H groups in total. The molecule has 3 rings (SSSR count). The second-order valence-electron chi connectivity index (χ2n) is 6.99. The van der Waals surface area contributed by atoms with Gasteiger partial charge < -0.3 is 19.5 Å². The predicted molar refractivity (Wildman–Crippen MR) is 133 cm³/mol. The van der Waals surface area contributed by atoms with Gasteiger partial charge in [-0.25, -0.2) is 10.2 Å². The lowest BCUT2D eigenvalue weighted by Gasteiger charge is -2.09. The molecule has 0 aromatic heterocycles. The van der Waals surface area contributed by atoms with E-state index >= 15 is 0 Å². The minimum Gasteiger partial charge on any atom is -0.493 e. The number of halogens is 1. The molecule has 0 saturated carbocycles. The lowest BCUT2D eigenvalue weighted by Crippen LogP contribution is -2.34. The molecule has 0 atom stereocenters. The number of carbonyl (C=O) groups is 3. The number of nitrogens with one attached hydrogen (secondary N) is 2. The van der Waals surface area contributed by atoms with E-state index in [1.807, 2.05) is 0 Å². The van der Waals surface area contributed by atoms with Crippen LogP contribution >= 0.6 is 15.9 Å². The van der Waals surface area contributed by atoms with Crippen molar-refractivity contribution in [3.05, 3.63) is 87.9 Å². The minimum atomic E-state index is -0.522. The second kappa shape index (κ2) is 12.3. The summed E-state index contributed by atoms with van der Waals surface area (Å²) >= 11 is 3.32. The Kier molecular flexibility index (Phi) is 8.96. The van der Waals surface area contributed by atoms with Crippen molar-refractivity contribution < 1.29 is 28.6 Å². The van der Waals surface area contributed by atoms with Gasteiger partial charge >= 0.3 is 5.97 Å². The van der Waals surface area contributed by atoms with E-state index in [0.29, 0.717) is 38.4 Å². The summed E-state index contributed by atoms with van der Waals surface area (Å²) in [5.74, 6) is -0.272. The normalized spacial score (nSPS) is 10.5. The SMILES string of the molecule is COc1ccc(C(=O)NCC(=O)N/N=C\c2cccc(OC(=O)c3ccccc3Br)c2)cc1OC. The summed E-state index contributed by atoms with van der Waals surface area (Å²) in [5, 5.41) is 6.38. The van der Waals surface area contributed by atoms with E-state index in [1.165, 1.54) is 26.5 Å². The molecular weight excluding hydrogens is 518 g/mol. The number of nitrogens with zero attached hydrogens (tertiary/aromatic N) is 1. The first-order chi connectivity index (χ1) is 16.9. The highest BCUT2D eigenvalue weighted by Crippen LogP contribution is 2.27. The summed E-state index contributed by atoms with van der Waals surface area (Å²) in [5.41, 5.74) is 3.63. The molecule has 0 aliphatic rings. The van der Waals surface area contributed by atoms with Gasteiger partial charge in [-0.2, -0.15) is 5.10 Å². The number of esters is 1. The Balaban J connectivity index is 1.51. The zero-order chi connectivity index (χ0) is 25.2.